The van der Waals surface area contributed by atoms with Gasteiger partial charge >= 0.3 is 0 Å². The second kappa shape index (κ2) is 6.20. The third kappa shape index (κ3) is 3.71. The minimum atomic E-state index is -0.0487. The molecule has 0 heterocycles. The van der Waals surface area contributed by atoms with Crippen molar-refractivity contribution in [2.24, 2.45) is 0 Å². The van der Waals surface area contributed by atoms with Crippen LogP contribution in [0.4, 0.5) is 5.69 Å². The van der Waals surface area contributed by atoms with Crippen LogP contribution in [0.3, 0.4) is 0 Å². The molecule has 4 nitrogen and oxygen atoms in total. The van der Waals surface area contributed by atoms with Gasteiger partial charge in [0.2, 0.25) is 0 Å². The van der Waals surface area contributed by atoms with Gasteiger partial charge in [-0.2, -0.15) is 0 Å². The Morgan fingerprint density at radius 3 is 2.59 bits per heavy atom. The zero-order valence-corrected chi connectivity index (χ0v) is 11.1. The van der Waals surface area contributed by atoms with Crippen LogP contribution < -0.4 is 10.6 Å². The number of benzene rings is 1. The van der Waals surface area contributed by atoms with Gasteiger partial charge in [-0.05, 0) is 31.3 Å². The highest BCUT2D eigenvalue weighted by Gasteiger charge is 2.12. The van der Waals surface area contributed by atoms with Crippen LogP contribution in [-0.4, -0.2) is 36.6 Å². The van der Waals surface area contributed by atoms with Gasteiger partial charge in [-0.15, -0.1) is 0 Å². The van der Waals surface area contributed by atoms with Crippen LogP contribution >= 0.6 is 12.2 Å². The zero-order chi connectivity index (χ0) is 12.8. The Morgan fingerprint density at radius 1 is 1.35 bits per heavy atom. The summed E-state index contributed by atoms with van der Waals surface area (Å²) < 4.78 is 0. The van der Waals surface area contributed by atoms with Crippen LogP contribution in [0.1, 0.15) is 17.3 Å². The summed E-state index contributed by atoms with van der Waals surface area (Å²) in [5, 5.41) is 6.52. The minimum absolute atomic E-state index is 0.0487. The number of rotatable bonds is 3. The van der Waals surface area contributed by atoms with E-state index >= 15 is 0 Å². The third-order valence-corrected chi connectivity index (χ3v) is 2.40. The molecule has 1 rings (SSSR count). The standard InChI is InChI=1S/C12H17N3OS/c1-4-13-12(17)14-10-8-6-5-7-9(10)11(16)15(2)3/h5-8H,4H2,1-3H3,(H2,13,14,17). The fraction of sp³-hybridized carbons (Fsp3) is 0.333. The predicted octanol–water partition coefficient (Wildman–Crippen LogP) is 1.69. The van der Waals surface area contributed by atoms with Crippen molar-refractivity contribution in [3.8, 4) is 0 Å². The molecule has 0 aliphatic carbocycles. The summed E-state index contributed by atoms with van der Waals surface area (Å²) in [7, 11) is 3.45. The lowest BCUT2D eigenvalue weighted by Gasteiger charge is -2.15. The Morgan fingerprint density at radius 2 is 2.00 bits per heavy atom. The van der Waals surface area contributed by atoms with Gasteiger partial charge in [-0.1, -0.05) is 12.1 Å². The van der Waals surface area contributed by atoms with Crippen LogP contribution in [0, 0.1) is 0 Å². The molecule has 17 heavy (non-hydrogen) atoms. The predicted molar refractivity (Wildman–Crippen MR) is 74.4 cm³/mol. The average Bonchev–Trinajstić information content (AvgIpc) is 2.29. The molecular formula is C12H17N3OS. The molecule has 2 N–H and O–H groups in total. The smallest absolute Gasteiger partial charge is 0.255 e. The molecule has 0 aliphatic rings. The van der Waals surface area contributed by atoms with Crippen molar-refractivity contribution < 1.29 is 4.79 Å². The van der Waals surface area contributed by atoms with Gasteiger partial charge in [0.25, 0.3) is 5.91 Å². The van der Waals surface area contributed by atoms with E-state index in [9.17, 15) is 4.79 Å². The van der Waals surface area contributed by atoms with Gasteiger partial charge in [0.05, 0.1) is 11.3 Å². The van der Waals surface area contributed by atoms with Crippen LogP contribution in [0.5, 0.6) is 0 Å². The quantitative estimate of drug-likeness (QED) is 0.803. The van der Waals surface area contributed by atoms with Crippen molar-refractivity contribution in [2.75, 3.05) is 26.0 Å². The first-order chi connectivity index (χ1) is 8.06. The highest BCUT2D eigenvalue weighted by molar-refractivity contribution is 7.80. The van der Waals surface area contributed by atoms with Gasteiger partial charge in [-0.3, -0.25) is 4.79 Å². The summed E-state index contributed by atoms with van der Waals surface area (Å²) in [6, 6.07) is 7.31. The molecule has 1 amide bonds. The van der Waals surface area contributed by atoms with E-state index in [0.717, 1.165) is 12.2 Å². The van der Waals surface area contributed by atoms with Crippen LogP contribution in [0.15, 0.2) is 24.3 Å². The lowest BCUT2D eigenvalue weighted by molar-refractivity contribution is 0.0828. The maximum atomic E-state index is 11.9. The second-order valence-electron chi connectivity index (χ2n) is 3.73. The molecule has 0 saturated heterocycles. The van der Waals surface area contributed by atoms with E-state index in [0.29, 0.717) is 10.7 Å². The Labute approximate surface area is 107 Å². The summed E-state index contributed by atoms with van der Waals surface area (Å²) >= 11 is 5.10. The highest BCUT2D eigenvalue weighted by atomic mass is 32.1. The Balaban J connectivity index is 2.92. The second-order valence-corrected chi connectivity index (χ2v) is 4.14. The lowest BCUT2D eigenvalue weighted by Crippen LogP contribution is -2.30. The molecule has 0 unspecified atom stereocenters. The largest absolute Gasteiger partial charge is 0.363 e. The minimum Gasteiger partial charge on any atom is -0.363 e. The number of amides is 1. The number of hydrogen-bond acceptors (Lipinski definition) is 2. The van der Waals surface area contributed by atoms with Crippen LogP contribution in [-0.2, 0) is 0 Å². The molecule has 0 aromatic heterocycles. The monoisotopic (exact) mass is 251 g/mol. The normalized spacial score (nSPS) is 9.59. The number of para-hydroxylation sites is 1. The summed E-state index contributed by atoms with van der Waals surface area (Å²) in [4.78, 5) is 13.5. The number of nitrogens with one attached hydrogen (secondary N) is 2. The van der Waals surface area contributed by atoms with Gasteiger partial charge in [0.1, 0.15) is 0 Å². The maximum Gasteiger partial charge on any atom is 0.255 e. The molecule has 1 aromatic carbocycles. The first kappa shape index (κ1) is 13.4. The number of anilines is 1. The molecule has 0 spiro atoms. The van der Waals surface area contributed by atoms with Gasteiger partial charge in [0.15, 0.2) is 5.11 Å². The van der Waals surface area contributed by atoms with E-state index in [1.807, 2.05) is 25.1 Å². The molecular weight excluding hydrogens is 234 g/mol. The fourth-order valence-electron chi connectivity index (χ4n) is 1.35. The first-order valence-corrected chi connectivity index (χ1v) is 5.82. The number of carbonyl (C=O) groups is 1. The summed E-state index contributed by atoms with van der Waals surface area (Å²) in [6.07, 6.45) is 0. The van der Waals surface area contributed by atoms with E-state index in [-0.39, 0.29) is 5.91 Å². The van der Waals surface area contributed by atoms with Gasteiger partial charge in [0, 0.05) is 20.6 Å². The van der Waals surface area contributed by atoms with Gasteiger partial charge < -0.3 is 15.5 Å². The third-order valence-electron chi connectivity index (χ3n) is 2.15. The molecule has 0 aliphatic heterocycles. The van der Waals surface area contributed by atoms with Crippen molar-refractivity contribution in [3.05, 3.63) is 29.8 Å². The number of nitrogens with zero attached hydrogens (tertiary/aromatic N) is 1. The molecule has 0 bridgehead atoms. The van der Waals surface area contributed by atoms with E-state index in [4.69, 9.17) is 12.2 Å². The molecule has 0 fully saturated rings. The van der Waals surface area contributed by atoms with E-state index in [1.165, 1.54) is 4.90 Å². The summed E-state index contributed by atoms with van der Waals surface area (Å²) in [5.41, 5.74) is 1.33. The number of carbonyl (C=O) groups excluding carboxylic acids is 1. The Hall–Kier alpha value is -1.62. The van der Waals surface area contributed by atoms with Crippen LogP contribution in [0.2, 0.25) is 0 Å². The topological polar surface area (TPSA) is 44.4 Å². The number of thiocarbonyl (C=S) groups is 1. The van der Waals surface area contributed by atoms with Crippen molar-refractivity contribution >= 4 is 28.9 Å². The lowest BCUT2D eigenvalue weighted by atomic mass is 10.1. The molecule has 92 valence electrons. The van der Waals surface area contributed by atoms with Crippen molar-refractivity contribution in [2.45, 2.75) is 6.92 Å². The van der Waals surface area contributed by atoms with Crippen molar-refractivity contribution in [3.63, 3.8) is 0 Å². The van der Waals surface area contributed by atoms with E-state index < -0.39 is 0 Å². The fourth-order valence-corrected chi connectivity index (χ4v) is 1.60. The Bertz CT molecular complexity index is 418. The zero-order valence-electron chi connectivity index (χ0n) is 10.3. The SMILES string of the molecule is CCNC(=S)Nc1ccccc1C(=O)N(C)C. The van der Waals surface area contributed by atoms with Crippen molar-refractivity contribution in [1.29, 1.82) is 0 Å². The molecule has 0 atom stereocenters. The maximum absolute atomic E-state index is 11.9. The summed E-state index contributed by atoms with van der Waals surface area (Å²) in [6.45, 7) is 2.71. The summed E-state index contributed by atoms with van der Waals surface area (Å²) in [5.74, 6) is -0.0487. The highest BCUT2D eigenvalue weighted by Crippen LogP contribution is 2.16. The van der Waals surface area contributed by atoms with E-state index in [1.54, 1.807) is 20.2 Å². The first-order valence-electron chi connectivity index (χ1n) is 5.41. The molecule has 5 heteroatoms. The van der Waals surface area contributed by atoms with Crippen molar-refractivity contribution in [1.82, 2.24) is 10.2 Å². The Kier molecular flexibility index (Phi) is 4.90. The number of hydrogen-bond donors (Lipinski definition) is 2. The molecule has 1 aromatic rings. The van der Waals surface area contributed by atoms with E-state index in [2.05, 4.69) is 10.6 Å². The average molecular weight is 251 g/mol. The van der Waals surface area contributed by atoms with Gasteiger partial charge in [-0.25, -0.2) is 0 Å². The molecule has 0 radical (unpaired) electrons. The van der Waals surface area contributed by atoms with Crippen LogP contribution in [0.25, 0.3) is 0 Å². The molecule has 0 saturated carbocycles.